The Labute approximate surface area is 152 Å². The number of carbonyl (C=O) groups is 3. The van der Waals surface area contributed by atoms with Crippen molar-refractivity contribution in [3.63, 3.8) is 0 Å². The van der Waals surface area contributed by atoms with Gasteiger partial charge in [-0.3, -0.25) is 9.59 Å². The minimum Gasteiger partial charge on any atom is -0.462 e. The van der Waals surface area contributed by atoms with Crippen molar-refractivity contribution in [2.24, 2.45) is 0 Å². The molecule has 0 radical (unpaired) electrons. The Kier molecular flexibility index (Phi) is 7.36. The number of amides is 2. The summed E-state index contributed by atoms with van der Waals surface area (Å²) >= 11 is 0. The highest BCUT2D eigenvalue weighted by atomic mass is 16.5. The van der Waals surface area contributed by atoms with E-state index >= 15 is 0 Å². The first-order chi connectivity index (χ1) is 12.6. The molecule has 0 unspecified atom stereocenters. The molecule has 2 N–H and O–H groups in total. The summed E-state index contributed by atoms with van der Waals surface area (Å²) in [5, 5.41) is 5.09. The van der Waals surface area contributed by atoms with Gasteiger partial charge in [0.1, 0.15) is 0 Å². The molecule has 0 atom stereocenters. The average molecular weight is 354 g/mol. The van der Waals surface area contributed by atoms with E-state index in [-0.39, 0.29) is 0 Å². The van der Waals surface area contributed by atoms with Gasteiger partial charge in [-0.25, -0.2) is 4.79 Å². The molecule has 0 aliphatic carbocycles. The lowest BCUT2D eigenvalue weighted by atomic mass is 10.1. The van der Waals surface area contributed by atoms with E-state index in [0.717, 1.165) is 12.8 Å². The van der Waals surface area contributed by atoms with Crippen LogP contribution in [0.15, 0.2) is 54.6 Å². The molecule has 2 aromatic rings. The molecule has 6 heteroatoms. The van der Waals surface area contributed by atoms with Crippen molar-refractivity contribution in [3.8, 4) is 0 Å². The van der Waals surface area contributed by atoms with E-state index in [1.165, 1.54) is 17.7 Å². The van der Waals surface area contributed by atoms with Gasteiger partial charge >= 0.3 is 17.8 Å². The summed E-state index contributed by atoms with van der Waals surface area (Å²) in [6, 6.07) is 16.1. The molecule has 136 valence electrons. The molecular formula is C20H22N2O4. The van der Waals surface area contributed by atoms with E-state index in [0.29, 0.717) is 24.4 Å². The van der Waals surface area contributed by atoms with Gasteiger partial charge in [0.25, 0.3) is 0 Å². The molecule has 0 saturated heterocycles. The van der Waals surface area contributed by atoms with E-state index < -0.39 is 17.8 Å². The Balaban J connectivity index is 1.74. The lowest BCUT2D eigenvalue weighted by Gasteiger charge is -2.07. The molecule has 0 saturated carbocycles. The fraction of sp³-hybridized carbons (Fsp3) is 0.250. The van der Waals surface area contributed by atoms with Crippen molar-refractivity contribution in [2.45, 2.75) is 19.8 Å². The third kappa shape index (κ3) is 6.05. The summed E-state index contributed by atoms with van der Waals surface area (Å²) < 4.78 is 4.88. The largest absolute Gasteiger partial charge is 0.462 e. The third-order valence-electron chi connectivity index (χ3n) is 3.63. The van der Waals surface area contributed by atoms with Gasteiger partial charge in [-0.15, -0.1) is 0 Å². The maximum absolute atomic E-state index is 11.9. The lowest BCUT2D eigenvalue weighted by molar-refractivity contribution is -0.136. The topological polar surface area (TPSA) is 84.5 Å². The molecular weight excluding hydrogens is 332 g/mol. The van der Waals surface area contributed by atoms with Crippen LogP contribution in [0.5, 0.6) is 0 Å². The Morgan fingerprint density at radius 1 is 0.923 bits per heavy atom. The van der Waals surface area contributed by atoms with Gasteiger partial charge in [0, 0.05) is 12.2 Å². The maximum atomic E-state index is 11.9. The SMILES string of the molecule is CCOC(=O)c1ccc(NC(=O)C(=O)NCCCc2ccccc2)cc1. The molecule has 26 heavy (non-hydrogen) atoms. The van der Waals surface area contributed by atoms with E-state index in [1.807, 2.05) is 30.3 Å². The minimum absolute atomic E-state index is 0.293. The van der Waals surface area contributed by atoms with E-state index in [9.17, 15) is 14.4 Å². The fourth-order valence-corrected chi connectivity index (χ4v) is 2.31. The second-order valence-electron chi connectivity index (χ2n) is 5.60. The summed E-state index contributed by atoms with van der Waals surface area (Å²) in [5.74, 6) is -1.86. The number of carbonyl (C=O) groups excluding carboxylic acids is 3. The third-order valence-corrected chi connectivity index (χ3v) is 3.63. The standard InChI is InChI=1S/C20H22N2O4/c1-2-26-20(25)16-10-12-17(13-11-16)22-19(24)18(23)21-14-6-9-15-7-4-3-5-8-15/h3-5,7-8,10-13H,2,6,9,14H2,1H3,(H,21,23)(H,22,24). The van der Waals surface area contributed by atoms with Crippen molar-refractivity contribution in [1.82, 2.24) is 5.32 Å². The van der Waals surface area contributed by atoms with Crippen LogP contribution in [0.2, 0.25) is 0 Å². The van der Waals surface area contributed by atoms with Crippen molar-refractivity contribution in [3.05, 3.63) is 65.7 Å². The van der Waals surface area contributed by atoms with Gasteiger partial charge in [0.15, 0.2) is 0 Å². The number of rotatable bonds is 7. The van der Waals surface area contributed by atoms with Crippen LogP contribution in [0.1, 0.15) is 29.3 Å². The highest BCUT2D eigenvalue weighted by Crippen LogP contribution is 2.10. The molecule has 0 aliphatic rings. The number of anilines is 1. The fourth-order valence-electron chi connectivity index (χ4n) is 2.31. The number of esters is 1. The molecule has 0 aromatic heterocycles. The quantitative estimate of drug-likeness (QED) is 0.455. The number of hydrogen-bond acceptors (Lipinski definition) is 4. The first kappa shape index (κ1) is 19.2. The molecule has 6 nitrogen and oxygen atoms in total. The molecule has 0 heterocycles. The summed E-state index contributed by atoms with van der Waals surface area (Å²) in [7, 11) is 0. The zero-order valence-electron chi connectivity index (χ0n) is 14.7. The first-order valence-electron chi connectivity index (χ1n) is 8.50. The monoisotopic (exact) mass is 354 g/mol. The maximum Gasteiger partial charge on any atom is 0.338 e. The average Bonchev–Trinajstić information content (AvgIpc) is 2.66. The first-order valence-corrected chi connectivity index (χ1v) is 8.50. The van der Waals surface area contributed by atoms with E-state index in [2.05, 4.69) is 10.6 Å². The van der Waals surface area contributed by atoms with Crippen LogP contribution >= 0.6 is 0 Å². The number of ether oxygens (including phenoxy) is 1. The van der Waals surface area contributed by atoms with Crippen LogP contribution in [-0.2, 0) is 20.7 Å². The number of benzene rings is 2. The molecule has 0 aliphatic heterocycles. The molecule has 0 bridgehead atoms. The zero-order chi connectivity index (χ0) is 18.8. The summed E-state index contributed by atoms with van der Waals surface area (Å²) in [6.45, 7) is 2.44. The second-order valence-corrected chi connectivity index (χ2v) is 5.60. The lowest BCUT2D eigenvalue weighted by Crippen LogP contribution is -2.36. The van der Waals surface area contributed by atoms with Gasteiger partial charge in [0.2, 0.25) is 0 Å². The van der Waals surface area contributed by atoms with E-state index in [4.69, 9.17) is 4.74 Å². The molecule has 0 fully saturated rings. The van der Waals surface area contributed by atoms with Gasteiger partial charge in [-0.2, -0.15) is 0 Å². The van der Waals surface area contributed by atoms with Crippen molar-refractivity contribution >= 4 is 23.5 Å². The van der Waals surface area contributed by atoms with E-state index in [1.54, 1.807) is 19.1 Å². The van der Waals surface area contributed by atoms with Gasteiger partial charge in [-0.1, -0.05) is 30.3 Å². The van der Waals surface area contributed by atoms with Crippen LogP contribution in [0.4, 0.5) is 5.69 Å². The van der Waals surface area contributed by atoms with Crippen LogP contribution in [-0.4, -0.2) is 30.9 Å². The number of aryl methyl sites for hydroxylation is 1. The van der Waals surface area contributed by atoms with Crippen molar-refractivity contribution < 1.29 is 19.1 Å². The summed E-state index contributed by atoms with van der Waals surface area (Å²) in [5.41, 5.74) is 2.01. The smallest absolute Gasteiger partial charge is 0.338 e. The Morgan fingerprint density at radius 3 is 2.27 bits per heavy atom. The van der Waals surface area contributed by atoms with Gasteiger partial charge in [0.05, 0.1) is 12.2 Å². The van der Waals surface area contributed by atoms with Crippen LogP contribution in [0.3, 0.4) is 0 Å². The van der Waals surface area contributed by atoms with Crippen LogP contribution in [0.25, 0.3) is 0 Å². The van der Waals surface area contributed by atoms with Crippen molar-refractivity contribution in [1.29, 1.82) is 0 Å². The normalized spacial score (nSPS) is 10.0. The molecule has 0 spiro atoms. The predicted octanol–water partition coefficient (Wildman–Crippen LogP) is 2.55. The van der Waals surface area contributed by atoms with Crippen LogP contribution in [0, 0.1) is 0 Å². The highest BCUT2D eigenvalue weighted by Gasteiger charge is 2.13. The second kappa shape index (κ2) is 9.98. The summed E-state index contributed by atoms with van der Waals surface area (Å²) in [6.07, 6.45) is 1.58. The zero-order valence-corrected chi connectivity index (χ0v) is 14.7. The minimum atomic E-state index is -0.742. The Morgan fingerprint density at radius 2 is 1.62 bits per heavy atom. The number of hydrogen-bond donors (Lipinski definition) is 2. The molecule has 2 rings (SSSR count). The number of nitrogens with one attached hydrogen (secondary N) is 2. The predicted molar refractivity (Wildman–Crippen MR) is 98.8 cm³/mol. The van der Waals surface area contributed by atoms with Gasteiger partial charge in [-0.05, 0) is 49.6 Å². The van der Waals surface area contributed by atoms with Gasteiger partial charge < -0.3 is 15.4 Å². The Bertz CT molecular complexity index is 742. The molecule has 2 aromatic carbocycles. The van der Waals surface area contributed by atoms with Crippen LogP contribution < -0.4 is 10.6 Å². The highest BCUT2D eigenvalue weighted by molar-refractivity contribution is 6.39. The Hall–Kier alpha value is -3.15. The molecule has 2 amide bonds. The summed E-state index contributed by atoms with van der Waals surface area (Å²) in [4.78, 5) is 35.3. The van der Waals surface area contributed by atoms with Crippen molar-refractivity contribution in [2.75, 3.05) is 18.5 Å².